The quantitative estimate of drug-likeness (QED) is 0.324. The van der Waals surface area contributed by atoms with E-state index >= 15 is 0 Å². The Morgan fingerprint density at radius 1 is 1.05 bits per heavy atom. The van der Waals surface area contributed by atoms with Crippen molar-refractivity contribution in [2.75, 3.05) is 38.2 Å². The van der Waals surface area contributed by atoms with Crippen LogP contribution in [0.4, 0.5) is 5.82 Å². The molecule has 1 unspecified atom stereocenters. The lowest BCUT2D eigenvalue weighted by molar-refractivity contribution is 0.188. The molecule has 4 heterocycles. The summed E-state index contributed by atoms with van der Waals surface area (Å²) >= 11 is 7.02. The van der Waals surface area contributed by atoms with Crippen molar-refractivity contribution in [1.82, 2.24) is 25.1 Å². The van der Waals surface area contributed by atoms with E-state index in [1.807, 2.05) is 12.3 Å². The second-order valence-corrected chi connectivity index (χ2v) is 10.7. The van der Waals surface area contributed by atoms with Gasteiger partial charge in [-0.15, -0.1) is 0 Å². The summed E-state index contributed by atoms with van der Waals surface area (Å²) < 4.78 is 6.25. The number of likely N-dealkylation sites (tertiary alicyclic amines) is 1. The molecule has 0 spiro atoms. The van der Waals surface area contributed by atoms with Crippen LogP contribution in [0.3, 0.4) is 0 Å². The Bertz CT molecular complexity index is 1490. The normalized spacial score (nSPS) is 18.7. The summed E-state index contributed by atoms with van der Waals surface area (Å²) in [5, 5.41) is 10.1. The minimum absolute atomic E-state index is 0.398. The highest BCUT2D eigenvalue weighted by molar-refractivity contribution is 6.35. The molecule has 2 aliphatic rings. The van der Waals surface area contributed by atoms with Crippen LogP contribution in [-0.4, -0.2) is 64.4 Å². The third-order valence-corrected chi connectivity index (χ3v) is 8.27. The molecule has 0 radical (unpaired) electrons. The second-order valence-electron chi connectivity index (χ2n) is 10.3. The van der Waals surface area contributed by atoms with Crippen LogP contribution in [-0.2, 0) is 0 Å². The fourth-order valence-electron chi connectivity index (χ4n) is 5.67. The molecule has 192 valence electrons. The minimum atomic E-state index is 0.398. The Balaban J connectivity index is 1.49. The van der Waals surface area contributed by atoms with Crippen molar-refractivity contribution >= 4 is 39.2 Å². The summed E-state index contributed by atoms with van der Waals surface area (Å²) in [6, 6.07) is 7.09. The maximum Gasteiger partial charge on any atom is 0.319 e. The molecule has 6 rings (SSSR count). The van der Waals surface area contributed by atoms with Crippen LogP contribution in [0.2, 0.25) is 5.02 Å². The minimum Gasteiger partial charge on any atom is -0.462 e. The van der Waals surface area contributed by atoms with Gasteiger partial charge in [0.1, 0.15) is 12.4 Å². The first-order chi connectivity index (χ1) is 18.0. The van der Waals surface area contributed by atoms with Gasteiger partial charge in [0.15, 0.2) is 0 Å². The van der Waals surface area contributed by atoms with E-state index in [1.54, 1.807) is 0 Å². The van der Waals surface area contributed by atoms with E-state index in [-0.39, 0.29) is 0 Å². The number of anilines is 1. The topological polar surface area (TPSA) is 70.2 Å². The third-order valence-electron chi connectivity index (χ3n) is 7.95. The Labute approximate surface area is 222 Å². The van der Waals surface area contributed by atoms with Crippen molar-refractivity contribution in [3.63, 3.8) is 0 Å². The van der Waals surface area contributed by atoms with E-state index in [0.717, 1.165) is 77.6 Å². The van der Waals surface area contributed by atoms with Crippen LogP contribution < -0.4 is 9.64 Å². The number of hydrogen-bond acceptors (Lipinski definition) is 6. The lowest BCUT2D eigenvalue weighted by Gasteiger charge is -2.24. The Morgan fingerprint density at radius 3 is 2.62 bits per heavy atom. The average molecular weight is 517 g/mol. The molecule has 2 aliphatic heterocycles. The smallest absolute Gasteiger partial charge is 0.319 e. The Kier molecular flexibility index (Phi) is 6.51. The molecular formula is C29H33ClN6O. The number of halogens is 1. The number of H-pyrrole nitrogens is 1. The number of benzene rings is 2. The van der Waals surface area contributed by atoms with E-state index in [9.17, 15) is 0 Å². The van der Waals surface area contributed by atoms with Crippen molar-refractivity contribution in [3.05, 3.63) is 52.7 Å². The highest BCUT2D eigenvalue weighted by Gasteiger charge is 2.24. The first kappa shape index (κ1) is 24.2. The molecule has 0 saturated carbocycles. The summed E-state index contributed by atoms with van der Waals surface area (Å²) in [7, 11) is 2.16. The zero-order valence-corrected chi connectivity index (χ0v) is 22.5. The van der Waals surface area contributed by atoms with Gasteiger partial charge in [-0.1, -0.05) is 23.8 Å². The van der Waals surface area contributed by atoms with Crippen LogP contribution in [0.15, 0.2) is 36.5 Å². The number of likely N-dealkylation sites (N-methyl/N-ethyl adjacent to an activating group) is 1. The molecule has 1 fully saturated rings. The fraction of sp³-hybridized carbons (Fsp3) is 0.414. The summed E-state index contributed by atoms with van der Waals surface area (Å²) in [4.78, 5) is 14.5. The van der Waals surface area contributed by atoms with Crippen molar-refractivity contribution in [3.8, 4) is 17.1 Å². The molecule has 2 aromatic carbocycles. The first-order valence-corrected chi connectivity index (χ1v) is 13.6. The molecule has 8 heteroatoms. The van der Waals surface area contributed by atoms with E-state index in [4.69, 9.17) is 26.3 Å². The molecule has 7 nitrogen and oxygen atoms in total. The molecule has 37 heavy (non-hydrogen) atoms. The van der Waals surface area contributed by atoms with Gasteiger partial charge in [-0.2, -0.15) is 15.1 Å². The van der Waals surface area contributed by atoms with Crippen LogP contribution in [0, 0.1) is 13.8 Å². The monoisotopic (exact) mass is 516 g/mol. The molecular weight excluding hydrogens is 484 g/mol. The van der Waals surface area contributed by atoms with E-state index in [1.165, 1.54) is 17.5 Å². The number of nitrogens with one attached hydrogen (secondary N) is 1. The molecule has 1 saturated heterocycles. The Hall–Kier alpha value is -3.16. The van der Waals surface area contributed by atoms with Crippen molar-refractivity contribution < 1.29 is 4.74 Å². The van der Waals surface area contributed by atoms with E-state index < -0.39 is 0 Å². The van der Waals surface area contributed by atoms with Gasteiger partial charge in [0.05, 0.1) is 17.2 Å². The SMILES string of the molecule is Cc1cc2[nH]ncc2c(-c2cc3nc(OCC4CCCN4C)nc(N4CCC=CCC4)c3cc2Cl)c1C. The lowest BCUT2D eigenvalue weighted by Crippen LogP contribution is -2.31. The van der Waals surface area contributed by atoms with Gasteiger partial charge in [-0.25, -0.2) is 0 Å². The van der Waals surface area contributed by atoms with Gasteiger partial charge in [0.2, 0.25) is 0 Å². The summed E-state index contributed by atoms with van der Waals surface area (Å²) in [5.74, 6) is 0.895. The van der Waals surface area contributed by atoms with Gasteiger partial charge in [-0.3, -0.25) is 5.10 Å². The molecule has 1 N–H and O–H groups in total. The number of ether oxygens (including phenoxy) is 1. The van der Waals surface area contributed by atoms with Gasteiger partial charge >= 0.3 is 6.01 Å². The van der Waals surface area contributed by atoms with Crippen molar-refractivity contribution in [2.45, 2.75) is 45.6 Å². The van der Waals surface area contributed by atoms with E-state index in [0.29, 0.717) is 23.7 Å². The Morgan fingerprint density at radius 2 is 1.86 bits per heavy atom. The van der Waals surface area contributed by atoms with Crippen LogP contribution in [0.5, 0.6) is 6.01 Å². The highest BCUT2D eigenvalue weighted by atomic mass is 35.5. The molecule has 0 bridgehead atoms. The first-order valence-electron chi connectivity index (χ1n) is 13.2. The highest BCUT2D eigenvalue weighted by Crippen LogP contribution is 2.41. The largest absolute Gasteiger partial charge is 0.462 e. The molecule has 1 atom stereocenters. The van der Waals surface area contributed by atoms with Crippen LogP contribution in [0.1, 0.15) is 36.8 Å². The second kappa shape index (κ2) is 9.95. The summed E-state index contributed by atoms with van der Waals surface area (Å²) in [6.07, 6.45) is 10.7. The predicted molar refractivity (Wildman–Crippen MR) is 151 cm³/mol. The zero-order valence-electron chi connectivity index (χ0n) is 21.7. The van der Waals surface area contributed by atoms with Gasteiger partial charge in [-0.05, 0) is 88.0 Å². The van der Waals surface area contributed by atoms with Crippen LogP contribution >= 0.6 is 11.6 Å². The van der Waals surface area contributed by atoms with Crippen molar-refractivity contribution in [1.29, 1.82) is 0 Å². The maximum atomic E-state index is 7.02. The third kappa shape index (κ3) is 4.55. The van der Waals surface area contributed by atoms with Crippen LogP contribution in [0.25, 0.3) is 32.9 Å². The average Bonchev–Trinajstić information content (AvgIpc) is 3.42. The van der Waals surface area contributed by atoms with Crippen molar-refractivity contribution in [2.24, 2.45) is 0 Å². The number of hydrogen-bond donors (Lipinski definition) is 1. The zero-order chi connectivity index (χ0) is 25.5. The molecule has 4 aromatic rings. The number of rotatable bonds is 5. The number of aromatic nitrogens is 4. The van der Waals surface area contributed by atoms with Gasteiger partial charge < -0.3 is 14.5 Å². The number of nitrogens with zero attached hydrogens (tertiary/aromatic N) is 5. The lowest BCUT2D eigenvalue weighted by atomic mass is 9.93. The van der Waals surface area contributed by atoms with E-state index in [2.05, 4.69) is 65.2 Å². The maximum absolute atomic E-state index is 7.02. The molecule has 0 aliphatic carbocycles. The molecule has 0 amide bonds. The molecule has 2 aromatic heterocycles. The predicted octanol–water partition coefficient (Wildman–Crippen LogP) is 6.07. The number of aromatic amines is 1. The number of fused-ring (bicyclic) bond motifs is 2. The summed E-state index contributed by atoms with van der Waals surface area (Å²) in [5.41, 5.74) is 6.25. The number of aryl methyl sites for hydroxylation is 1. The standard InChI is InChI=1S/C29H33ClN6O/c1-18-13-26-23(16-31-34-26)27(19(18)2)21-15-25-22(14-24(21)30)28(36-11-6-4-5-7-12-36)33-29(32-25)37-17-20-9-8-10-35(20)3/h4-5,13-16,20H,6-12,17H2,1-3H3,(H,31,34). The fourth-order valence-corrected chi connectivity index (χ4v) is 5.92. The van der Waals surface area contributed by atoms with Gasteiger partial charge in [0, 0.05) is 40.5 Å². The van der Waals surface area contributed by atoms with Gasteiger partial charge in [0.25, 0.3) is 0 Å². The summed E-state index contributed by atoms with van der Waals surface area (Å²) in [6.45, 7) is 7.77.